The summed E-state index contributed by atoms with van der Waals surface area (Å²) in [5.74, 6) is 5.26. The number of nitrogens with zero attached hydrogens (tertiary/aromatic N) is 1. The molecule has 0 saturated heterocycles. The van der Waals surface area contributed by atoms with E-state index in [0.29, 0.717) is 17.0 Å². The van der Waals surface area contributed by atoms with Gasteiger partial charge in [0.05, 0.1) is 6.42 Å². The van der Waals surface area contributed by atoms with Crippen LogP contribution in [0.5, 0.6) is 0 Å². The van der Waals surface area contributed by atoms with Gasteiger partial charge in [-0.05, 0) is 5.92 Å². The lowest BCUT2D eigenvalue weighted by Crippen LogP contribution is -1.77. The molecule has 1 heterocycles. The van der Waals surface area contributed by atoms with Gasteiger partial charge < -0.3 is 4.79 Å². The highest BCUT2D eigenvalue weighted by Crippen LogP contribution is 2.05. The molecule has 1 rings (SSSR count). The first-order valence-corrected chi connectivity index (χ1v) is 4.08. The molecule has 3 nitrogen and oxygen atoms in total. The van der Waals surface area contributed by atoms with Crippen LogP contribution in [0.25, 0.3) is 0 Å². The summed E-state index contributed by atoms with van der Waals surface area (Å²) in [6.07, 6.45) is 1.60. The van der Waals surface area contributed by atoms with Crippen molar-refractivity contribution in [2.75, 3.05) is 0 Å². The predicted molar refractivity (Wildman–Crippen MR) is 45.1 cm³/mol. The molecule has 1 aromatic heterocycles. The lowest BCUT2D eigenvalue weighted by atomic mass is 10.4. The second-order valence-corrected chi connectivity index (χ2v) is 2.75. The van der Waals surface area contributed by atoms with Crippen LogP contribution in [0.1, 0.15) is 21.9 Å². The second kappa shape index (κ2) is 4.42. The van der Waals surface area contributed by atoms with Gasteiger partial charge in [-0.2, -0.15) is 0 Å². The zero-order valence-electron chi connectivity index (χ0n) is 6.11. The molecule has 0 aliphatic carbocycles. The number of hydrogen-bond acceptors (Lipinski definition) is 4. The third kappa shape index (κ3) is 2.29. The van der Waals surface area contributed by atoms with Gasteiger partial charge in [0.2, 0.25) is 0 Å². The molecular formula is C8H5NO2S. The SMILES string of the molecule is O=CCC#Cc1csc(C=O)n1. The number of thiazole rings is 1. The first-order chi connectivity index (χ1) is 5.86. The molecular weight excluding hydrogens is 174 g/mol. The molecule has 1 aromatic rings. The minimum atomic E-state index is 0.202. The van der Waals surface area contributed by atoms with Crippen LogP contribution in [0.15, 0.2) is 5.38 Å². The summed E-state index contributed by atoms with van der Waals surface area (Å²) in [4.78, 5) is 23.9. The molecule has 0 N–H and O–H groups in total. The third-order valence-electron chi connectivity index (χ3n) is 1.02. The van der Waals surface area contributed by atoms with Crippen molar-refractivity contribution < 1.29 is 9.59 Å². The van der Waals surface area contributed by atoms with Gasteiger partial charge in [-0.1, -0.05) is 5.92 Å². The smallest absolute Gasteiger partial charge is 0.178 e. The summed E-state index contributed by atoms with van der Waals surface area (Å²) in [7, 11) is 0. The quantitative estimate of drug-likeness (QED) is 0.500. The predicted octanol–water partition coefficient (Wildman–Crippen LogP) is 0.896. The second-order valence-electron chi connectivity index (χ2n) is 1.86. The molecule has 0 bridgehead atoms. The van der Waals surface area contributed by atoms with Crippen LogP contribution in [0.4, 0.5) is 0 Å². The monoisotopic (exact) mass is 179 g/mol. The fraction of sp³-hybridized carbons (Fsp3) is 0.125. The van der Waals surface area contributed by atoms with Gasteiger partial charge >= 0.3 is 0 Å². The molecule has 0 aromatic carbocycles. The van der Waals surface area contributed by atoms with E-state index in [1.165, 1.54) is 11.3 Å². The fourth-order valence-electron chi connectivity index (χ4n) is 0.582. The maximum Gasteiger partial charge on any atom is 0.178 e. The van der Waals surface area contributed by atoms with Crippen LogP contribution in [0.3, 0.4) is 0 Å². The Kier molecular flexibility index (Phi) is 3.17. The van der Waals surface area contributed by atoms with Crippen molar-refractivity contribution in [3.05, 3.63) is 16.1 Å². The summed E-state index contributed by atoms with van der Waals surface area (Å²) < 4.78 is 0. The molecule has 0 saturated carbocycles. The summed E-state index contributed by atoms with van der Waals surface area (Å²) >= 11 is 1.24. The molecule has 0 atom stereocenters. The molecule has 60 valence electrons. The molecule has 0 unspecified atom stereocenters. The maximum absolute atomic E-state index is 10.2. The third-order valence-corrected chi connectivity index (χ3v) is 1.79. The maximum atomic E-state index is 10.2. The topological polar surface area (TPSA) is 47.0 Å². The van der Waals surface area contributed by atoms with Gasteiger partial charge in [-0.15, -0.1) is 11.3 Å². The molecule has 0 fully saturated rings. The Morgan fingerprint density at radius 1 is 1.58 bits per heavy atom. The average molecular weight is 179 g/mol. The zero-order chi connectivity index (χ0) is 8.81. The van der Waals surface area contributed by atoms with Gasteiger partial charge in [0, 0.05) is 5.38 Å². The number of hydrogen-bond donors (Lipinski definition) is 0. The van der Waals surface area contributed by atoms with E-state index in [4.69, 9.17) is 0 Å². The molecule has 0 spiro atoms. The Morgan fingerprint density at radius 2 is 2.42 bits per heavy atom. The van der Waals surface area contributed by atoms with Gasteiger partial charge in [-0.3, -0.25) is 4.79 Å². The van der Waals surface area contributed by atoms with Crippen LogP contribution >= 0.6 is 11.3 Å². The van der Waals surface area contributed by atoms with Crippen molar-refractivity contribution in [1.82, 2.24) is 4.98 Å². The number of aldehydes is 2. The fourth-order valence-corrected chi connectivity index (χ4v) is 1.13. The Hall–Kier alpha value is -1.47. The highest BCUT2D eigenvalue weighted by atomic mass is 32.1. The molecule has 0 aliphatic rings. The Labute approximate surface area is 73.4 Å². The van der Waals surface area contributed by atoms with E-state index in [1.54, 1.807) is 5.38 Å². The molecule has 4 heteroatoms. The summed E-state index contributed by atoms with van der Waals surface area (Å²) in [5, 5.41) is 2.09. The van der Waals surface area contributed by atoms with Crippen molar-refractivity contribution in [3.63, 3.8) is 0 Å². The van der Waals surface area contributed by atoms with E-state index in [1.807, 2.05) is 0 Å². The van der Waals surface area contributed by atoms with Gasteiger partial charge in [0.25, 0.3) is 0 Å². The Bertz CT molecular complexity index is 345. The standard InChI is InChI=1S/C8H5NO2S/c10-4-2-1-3-7-6-12-8(5-11)9-7/h4-6H,2H2. The Morgan fingerprint density at radius 3 is 3.00 bits per heavy atom. The van der Waals surface area contributed by atoms with Crippen molar-refractivity contribution in [3.8, 4) is 11.8 Å². The molecule has 0 aliphatic heterocycles. The van der Waals surface area contributed by atoms with Crippen LogP contribution in [-0.2, 0) is 4.79 Å². The van der Waals surface area contributed by atoms with E-state index >= 15 is 0 Å². The number of carbonyl (C=O) groups excluding carboxylic acids is 2. The number of carbonyl (C=O) groups is 2. The van der Waals surface area contributed by atoms with Crippen LogP contribution in [-0.4, -0.2) is 17.6 Å². The first-order valence-electron chi connectivity index (χ1n) is 3.20. The van der Waals surface area contributed by atoms with E-state index in [0.717, 1.165) is 6.29 Å². The molecule has 0 amide bonds. The van der Waals surface area contributed by atoms with Crippen molar-refractivity contribution >= 4 is 23.9 Å². The zero-order valence-corrected chi connectivity index (χ0v) is 6.93. The molecule has 12 heavy (non-hydrogen) atoms. The van der Waals surface area contributed by atoms with Gasteiger partial charge in [0.15, 0.2) is 11.3 Å². The van der Waals surface area contributed by atoms with Gasteiger partial charge in [0.1, 0.15) is 12.0 Å². The Balaban J connectivity index is 2.71. The van der Waals surface area contributed by atoms with Crippen molar-refractivity contribution in [2.45, 2.75) is 6.42 Å². The van der Waals surface area contributed by atoms with Crippen LogP contribution in [0, 0.1) is 11.8 Å². The van der Waals surface area contributed by atoms with E-state index in [9.17, 15) is 9.59 Å². The largest absolute Gasteiger partial charge is 0.302 e. The average Bonchev–Trinajstić information content (AvgIpc) is 2.53. The lowest BCUT2D eigenvalue weighted by Gasteiger charge is -1.74. The van der Waals surface area contributed by atoms with E-state index in [2.05, 4.69) is 16.8 Å². The van der Waals surface area contributed by atoms with Crippen molar-refractivity contribution in [2.24, 2.45) is 0 Å². The van der Waals surface area contributed by atoms with Crippen LogP contribution < -0.4 is 0 Å². The summed E-state index contributed by atoms with van der Waals surface area (Å²) in [6, 6.07) is 0. The minimum absolute atomic E-state index is 0.202. The lowest BCUT2D eigenvalue weighted by molar-refractivity contribution is -0.107. The van der Waals surface area contributed by atoms with E-state index < -0.39 is 0 Å². The van der Waals surface area contributed by atoms with Crippen LogP contribution in [0.2, 0.25) is 0 Å². The highest BCUT2D eigenvalue weighted by Gasteiger charge is 1.95. The first kappa shape index (κ1) is 8.62. The summed E-state index contributed by atoms with van der Waals surface area (Å²) in [6.45, 7) is 0. The minimum Gasteiger partial charge on any atom is -0.302 e. The van der Waals surface area contributed by atoms with E-state index in [-0.39, 0.29) is 6.42 Å². The van der Waals surface area contributed by atoms with Crippen molar-refractivity contribution in [1.29, 1.82) is 0 Å². The normalized spacial score (nSPS) is 8.33. The summed E-state index contributed by atoms with van der Waals surface area (Å²) in [5.41, 5.74) is 0.545. The molecule has 0 radical (unpaired) electrons. The highest BCUT2D eigenvalue weighted by molar-refractivity contribution is 7.11. The number of rotatable bonds is 2. The van der Waals surface area contributed by atoms with Gasteiger partial charge in [-0.25, -0.2) is 4.98 Å². The number of aromatic nitrogens is 1.